The van der Waals surface area contributed by atoms with Gasteiger partial charge in [0.1, 0.15) is 0 Å². The molecular weight excluding hydrogens is 264 g/mol. The first-order valence-corrected chi connectivity index (χ1v) is 7.89. The Hall–Kier alpha value is -1.84. The Balaban J connectivity index is 1.67. The molecule has 3 rings (SSSR count). The lowest BCUT2D eigenvalue weighted by Gasteiger charge is -2.32. The van der Waals surface area contributed by atoms with Crippen molar-refractivity contribution in [2.45, 2.75) is 39.0 Å². The summed E-state index contributed by atoms with van der Waals surface area (Å²) in [6.07, 6.45) is 5.11. The summed E-state index contributed by atoms with van der Waals surface area (Å²) in [4.78, 5) is 25.9. The zero-order chi connectivity index (χ0) is 14.8. The number of piperidine rings is 1. The lowest BCUT2D eigenvalue weighted by molar-refractivity contribution is -0.115. The van der Waals surface area contributed by atoms with Crippen LogP contribution in [0.5, 0.6) is 0 Å². The average Bonchev–Trinajstić information content (AvgIpc) is 2.86. The quantitative estimate of drug-likeness (QED) is 0.929. The number of carbonyl (C=O) groups is 2. The third-order valence-corrected chi connectivity index (χ3v) is 4.58. The van der Waals surface area contributed by atoms with E-state index in [2.05, 4.69) is 12.2 Å². The van der Waals surface area contributed by atoms with E-state index < -0.39 is 0 Å². The summed E-state index contributed by atoms with van der Waals surface area (Å²) in [5.74, 6) is 0.892. The Morgan fingerprint density at radius 1 is 1.33 bits per heavy atom. The molecule has 1 aromatic rings. The maximum atomic E-state index is 12.6. The number of amides is 2. The van der Waals surface area contributed by atoms with Gasteiger partial charge in [-0.05, 0) is 42.5 Å². The summed E-state index contributed by atoms with van der Waals surface area (Å²) in [6.45, 7) is 3.94. The van der Waals surface area contributed by atoms with Crippen molar-refractivity contribution in [1.29, 1.82) is 0 Å². The average molecular weight is 286 g/mol. The van der Waals surface area contributed by atoms with E-state index in [9.17, 15) is 9.59 Å². The maximum Gasteiger partial charge on any atom is 0.253 e. The number of hydrogen-bond donors (Lipinski definition) is 1. The molecule has 1 saturated heterocycles. The van der Waals surface area contributed by atoms with Crippen molar-refractivity contribution in [2.24, 2.45) is 5.92 Å². The van der Waals surface area contributed by atoms with Gasteiger partial charge in [-0.15, -0.1) is 0 Å². The molecule has 0 saturated carbocycles. The fraction of sp³-hybridized carbons (Fsp3) is 0.529. The third kappa shape index (κ3) is 2.94. The Bertz CT molecular complexity index is 560. The van der Waals surface area contributed by atoms with Crippen LogP contribution >= 0.6 is 0 Å². The fourth-order valence-electron chi connectivity index (χ4n) is 3.38. The second-order valence-corrected chi connectivity index (χ2v) is 6.12. The molecule has 1 fully saturated rings. The van der Waals surface area contributed by atoms with Gasteiger partial charge in [0, 0.05) is 24.3 Å². The van der Waals surface area contributed by atoms with Gasteiger partial charge in [0.25, 0.3) is 5.91 Å². The monoisotopic (exact) mass is 286 g/mol. The molecule has 1 N–H and O–H groups in total. The number of benzene rings is 1. The topological polar surface area (TPSA) is 49.4 Å². The van der Waals surface area contributed by atoms with Gasteiger partial charge in [-0.3, -0.25) is 9.59 Å². The molecule has 2 aliphatic rings. The van der Waals surface area contributed by atoms with E-state index in [-0.39, 0.29) is 11.8 Å². The molecule has 0 aliphatic carbocycles. The van der Waals surface area contributed by atoms with Crippen LogP contribution in [0.4, 0.5) is 5.69 Å². The molecule has 0 unspecified atom stereocenters. The predicted octanol–water partition coefficient (Wildman–Crippen LogP) is 2.83. The summed E-state index contributed by atoms with van der Waals surface area (Å²) < 4.78 is 0. The minimum absolute atomic E-state index is 0.00924. The minimum Gasteiger partial charge on any atom is -0.339 e. The summed E-state index contributed by atoms with van der Waals surface area (Å²) in [5, 5.41) is 2.80. The second-order valence-electron chi connectivity index (χ2n) is 6.12. The molecule has 4 heteroatoms. The SMILES string of the molecule is CCCC1CCN(C(=O)c2ccc3c(c2)CC(=O)N3)CC1. The van der Waals surface area contributed by atoms with Crippen LogP contribution in [-0.4, -0.2) is 29.8 Å². The van der Waals surface area contributed by atoms with Gasteiger partial charge in [0.15, 0.2) is 0 Å². The van der Waals surface area contributed by atoms with Gasteiger partial charge >= 0.3 is 0 Å². The molecular formula is C17H22N2O2. The predicted molar refractivity (Wildman–Crippen MR) is 82.3 cm³/mol. The van der Waals surface area contributed by atoms with Crippen molar-refractivity contribution in [2.75, 3.05) is 18.4 Å². The highest BCUT2D eigenvalue weighted by Crippen LogP contribution is 2.26. The first-order valence-electron chi connectivity index (χ1n) is 7.89. The molecule has 2 heterocycles. The Morgan fingerprint density at radius 3 is 2.81 bits per heavy atom. The Labute approximate surface area is 125 Å². The highest BCUT2D eigenvalue weighted by Gasteiger charge is 2.25. The number of likely N-dealkylation sites (tertiary alicyclic amines) is 1. The fourth-order valence-corrected chi connectivity index (χ4v) is 3.38. The third-order valence-electron chi connectivity index (χ3n) is 4.58. The van der Waals surface area contributed by atoms with Crippen molar-refractivity contribution >= 4 is 17.5 Å². The van der Waals surface area contributed by atoms with Crippen LogP contribution in [0.3, 0.4) is 0 Å². The standard InChI is InChI=1S/C17H22N2O2/c1-2-3-12-6-8-19(9-7-12)17(21)13-4-5-15-14(10-13)11-16(20)18-15/h4-5,10,12H,2-3,6-9,11H2,1H3,(H,18,20). The van der Waals surface area contributed by atoms with E-state index in [4.69, 9.17) is 0 Å². The lowest BCUT2D eigenvalue weighted by atomic mass is 9.92. The number of nitrogens with one attached hydrogen (secondary N) is 1. The number of rotatable bonds is 3. The Morgan fingerprint density at radius 2 is 2.10 bits per heavy atom. The second kappa shape index (κ2) is 5.88. The van der Waals surface area contributed by atoms with Crippen molar-refractivity contribution in [3.8, 4) is 0 Å². The van der Waals surface area contributed by atoms with E-state index in [1.54, 1.807) is 0 Å². The van der Waals surface area contributed by atoms with E-state index in [0.29, 0.717) is 12.0 Å². The number of fused-ring (bicyclic) bond motifs is 1. The first-order chi connectivity index (χ1) is 10.2. The molecule has 0 spiro atoms. The number of anilines is 1. The molecule has 0 radical (unpaired) electrons. The molecule has 1 aromatic carbocycles. The van der Waals surface area contributed by atoms with Crippen molar-refractivity contribution in [1.82, 2.24) is 4.90 Å². The zero-order valence-electron chi connectivity index (χ0n) is 12.5. The first kappa shape index (κ1) is 14.1. The molecule has 21 heavy (non-hydrogen) atoms. The summed E-state index contributed by atoms with van der Waals surface area (Å²) in [7, 11) is 0. The number of carbonyl (C=O) groups excluding carboxylic acids is 2. The zero-order valence-corrected chi connectivity index (χ0v) is 12.5. The largest absolute Gasteiger partial charge is 0.339 e. The van der Waals surface area contributed by atoms with Crippen LogP contribution in [0.2, 0.25) is 0 Å². The molecule has 0 atom stereocenters. The normalized spacial score (nSPS) is 18.5. The van der Waals surface area contributed by atoms with Crippen molar-refractivity contribution in [3.63, 3.8) is 0 Å². The van der Waals surface area contributed by atoms with Crippen LogP contribution in [-0.2, 0) is 11.2 Å². The minimum atomic E-state index is 0.00924. The van der Waals surface area contributed by atoms with Gasteiger partial charge in [-0.2, -0.15) is 0 Å². The van der Waals surface area contributed by atoms with Crippen LogP contribution in [0.1, 0.15) is 48.5 Å². The summed E-state index contributed by atoms with van der Waals surface area (Å²) in [5.41, 5.74) is 2.49. The van der Waals surface area contributed by atoms with Crippen LogP contribution in [0.15, 0.2) is 18.2 Å². The van der Waals surface area contributed by atoms with E-state index >= 15 is 0 Å². The van der Waals surface area contributed by atoms with Gasteiger partial charge in [0.05, 0.1) is 6.42 Å². The molecule has 4 nitrogen and oxygen atoms in total. The lowest BCUT2D eigenvalue weighted by Crippen LogP contribution is -2.38. The number of hydrogen-bond acceptors (Lipinski definition) is 2. The molecule has 0 bridgehead atoms. The highest BCUT2D eigenvalue weighted by atomic mass is 16.2. The van der Waals surface area contributed by atoms with Gasteiger partial charge in [-0.25, -0.2) is 0 Å². The van der Waals surface area contributed by atoms with E-state index in [1.165, 1.54) is 12.8 Å². The maximum absolute atomic E-state index is 12.6. The number of nitrogens with zero attached hydrogens (tertiary/aromatic N) is 1. The van der Waals surface area contributed by atoms with Crippen LogP contribution in [0.25, 0.3) is 0 Å². The highest BCUT2D eigenvalue weighted by molar-refractivity contribution is 6.01. The van der Waals surface area contributed by atoms with Crippen molar-refractivity contribution < 1.29 is 9.59 Å². The van der Waals surface area contributed by atoms with Gasteiger partial charge in [0.2, 0.25) is 5.91 Å². The van der Waals surface area contributed by atoms with Crippen LogP contribution < -0.4 is 5.32 Å². The smallest absolute Gasteiger partial charge is 0.253 e. The van der Waals surface area contributed by atoms with Gasteiger partial charge < -0.3 is 10.2 Å². The molecule has 0 aromatic heterocycles. The van der Waals surface area contributed by atoms with Gasteiger partial charge in [-0.1, -0.05) is 19.8 Å². The molecule has 112 valence electrons. The van der Waals surface area contributed by atoms with E-state index in [0.717, 1.165) is 43.1 Å². The Kier molecular flexibility index (Phi) is 3.95. The summed E-state index contributed by atoms with van der Waals surface area (Å²) in [6, 6.07) is 5.54. The molecule has 2 amide bonds. The summed E-state index contributed by atoms with van der Waals surface area (Å²) >= 11 is 0. The van der Waals surface area contributed by atoms with Crippen LogP contribution in [0, 0.1) is 5.92 Å². The molecule has 2 aliphatic heterocycles. The van der Waals surface area contributed by atoms with Crippen molar-refractivity contribution in [3.05, 3.63) is 29.3 Å². The van der Waals surface area contributed by atoms with E-state index in [1.807, 2.05) is 23.1 Å².